The first-order valence-corrected chi connectivity index (χ1v) is 15.8. The molecule has 0 radical (unpaired) electrons. The van der Waals surface area contributed by atoms with Crippen molar-refractivity contribution in [3.05, 3.63) is 94.3 Å². The van der Waals surface area contributed by atoms with Gasteiger partial charge in [0, 0.05) is 22.5 Å². The molecule has 3 aliphatic rings. The zero-order valence-electron chi connectivity index (χ0n) is 22.9. The third kappa shape index (κ3) is 5.09. The molecule has 1 aliphatic heterocycles. The number of halogens is 5. The third-order valence-corrected chi connectivity index (χ3v) is 11.4. The Morgan fingerprint density at radius 2 is 1.65 bits per heavy atom. The zero-order chi connectivity index (χ0) is 30.8. The molecule has 6 rings (SSSR count). The fourth-order valence-electron chi connectivity index (χ4n) is 6.73. The van der Waals surface area contributed by atoms with Gasteiger partial charge in [0.25, 0.3) is 15.9 Å². The number of hydrogen-bond acceptors (Lipinski definition) is 4. The predicted molar refractivity (Wildman–Crippen MR) is 153 cm³/mol. The molecule has 43 heavy (non-hydrogen) atoms. The Bertz CT molecular complexity index is 1670. The number of nitrogens with zero attached hydrogens (tertiary/aromatic N) is 1. The number of benzene rings is 3. The molecule has 2 saturated carbocycles. The molecular formula is C31H29ClF4N2O4S. The lowest BCUT2D eigenvalue weighted by Crippen LogP contribution is -2.56. The second kappa shape index (κ2) is 10.5. The van der Waals surface area contributed by atoms with Crippen LogP contribution in [0.3, 0.4) is 0 Å². The molecule has 3 aromatic rings. The molecule has 6 nitrogen and oxygen atoms in total. The first-order valence-electron chi connectivity index (χ1n) is 14.0. The number of aliphatic hydroxyl groups is 1. The summed E-state index contributed by atoms with van der Waals surface area (Å²) in [7, 11) is -4.27. The Labute approximate surface area is 251 Å². The van der Waals surface area contributed by atoms with E-state index in [9.17, 15) is 35.9 Å². The summed E-state index contributed by atoms with van der Waals surface area (Å²) in [6.07, 6.45) is -4.94. The highest BCUT2D eigenvalue weighted by Gasteiger charge is 2.65. The minimum atomic E-state index is -4.84. The third-order valence-electron chi connectivity index (χ3n) is 9.18. The van der Waals surface area contributed by atoms with Gasteiger partial charge in [-0.15, -0.1) is 0 Å². The Morgan fingerprint density at radius 1 is 1.00 bits per heavy atom. The average molecular weight is 637 g/mol. The van der Waals surface area contributed by atoms with Gasteiger partial charge in [-0.3, -0.25) is 9.10 Å². The number of rotatable bonds is 6. The second-order valence-corrected chi connectivity index (χ2v) is 14.0. The average Bonchev–Trinajstić information content (AvgIpc) is 3.77. The normalized spacial score (nSPS) is 25.5. The number of hydrogen-bond donors (Lipinski definition) is 2. The van der Waals surface area contributed by atoms with Crippen molar-refractivity contribution < 1.29 is 35.9 Å². The highest BCUT2D eigenvalue weighted by molar-refractivity contribution is 7.92. The first kappa shape index (κ1) is 29.9. The lowest BCUT2D eigenvalue weighted by Gasteiger charge is -2.47. The van der Waals surface area contributed by atoms with E-state index in [0.717, 1.165) is 12.1 Å². The van der Waals surface area contributed by atoms with E-state index in [-0.39, 0.29) is 41.5 Å². The van der Waals surface area contributed by atoms with Crippen LogP contribution in [0.25, 0.3) is 0 Å². The Morgan fingerprint density at radius 3 is 2.26 bits per heavy atom. The van der Waals surface area contributed by atoms with Crippen molar-refractivity contribution in [2.45, 2.75) is 73.2 Å². The Kier molecular flexibility index (Phi) is 7.29. The van der Waals surface area contributed by atoms with E-state index in [2.05, 4.69) is 5.32 Å². The Balaban J connectivity index is 1.43. The molecule has 1 unspecified atom stereocenters. The highest BCUT2D eigenvalue weighted by atomic mass is 35.5. The van der Waals surface area contributed by atoms with Crippen LogP contribution in [0.1, 0.15) is 60.0 Å². The van der Waals surface area contributed by atoms with Gasteiger partial charge in [0.15, 0.2) is 5.60 Å². The van der Waals surface area contributed by atoms with Crippen molar-refractivity contribution in [2.75, 3.05) is 4.31 Å². The number of carbonyl (C=O) groups excluding carboxylic acids is 1. The monoisotopic (exact) mass is 636 g/mol. The number of carbonyl (C=O) groups is 1. The molecule has 1 atom stereocenters. The Hall–Kier alpha value is -3.15. The van der Waals surface area contributed by atoms with E-state index in [1.54, 1.807) is 30.3 Å². The molecule has 1 heterocycles. The van der Waals surface area contributed by atoms with Crippen LogP contribution >= 0.6 is 11.6 Å². The molecule has 228 valence electrons. The van der Waals surface area contributed by atoms with Gasteiger partial charge in [-0.2, -0.15) is 13.2 Å². The van der Waals surface area contributed by atoms with Gasteiger partial charge in [0.2, 0.25) is 0 Å². The van der Waals surface area contributed by atoms with Crippen LogP contribution in [0, 0.1) is 11.7 Å². The summed E-state index contributed by atoms with van der Waals surface area (Å²) >= 11 is 6.22. The van der Waals surface area contributed by atoms with Gasteiger partial charge in [-0.05, 0) is 104 Å². The van der Waals surface area contributed by atoms with Crippen molar-refractivity contribution in [1.82, 2.24) is 5.32 Å². The maximum Gasteiger partial charge on any atom is 0.417 e. The van der Waals surface area contributed by atoms with E-state index >= 15 is 0 Å². The van der Waals surface area contributed by atoms with E-state index in [4.69, 9.17) is 11.6 Å². The molecule has 2 fully saturated rings. The van der Waals surface area contributed by atoms with Crippen LogP contribution in [0.2, 0.25) is 5.02 Å². The fourth-order valence-corrected chi connectivity index (χ4v) is 8.73. The van der Waals surface area contributed by atoms with Crippen molar-refractivity contribution in [1.29, 1.82) is 0 Å². The summed E-state index contributed by atoms with van der Waals surface area (Å²) in [6, 6.07) is 15.3. The summed E-state index contributed by atoms with van der Waals surface area (Å²) in [6.45, 7) is 0.134. The lowest BCUT2D eigenvalue weighted by molar-refractivity contribution is -0.273. The smallest absolute Gasteiger partial charge is 0.380 e. The maximum absolute atomic E-state index is 14.2. The summed E-state index contributed by atoms with van der Waals surface area (Å²) in [5.41, 5.74) is -2.30. The molecule has 1 amide bonds. The molecule has 0 aromatic heterocycles. The van der Waals surface area contributed by atoms with Crippen LogP contribution in [0.5, 0.6) is 0 Å². The quantitative estimate of drug-likeness (QED) is 0.303. The number of sulfonamides is 1. The fraction of sp³-hybridized carbons (Fsp3) is 0.387. The van der Waals surface area contributed by atoms with Gasteiger partial charge in [0.05, 0.1) is 16.6 Å². The number of alkyl halides is 3. The summed E-state index contributed by atoms with van der Waals surface area (Å²) < 4.78 is 84.9. The summed E-state index contributed by atoms with van der Waals surface area (Å²) in [4.78, 5) is 13.1. The SMILES string of the molecule is O=C(NCc1ccccc1Cl)c1ccc2c(c1)C1(CCC(O)(C(F)(F)F)CC1)C(C1CC1)N2S(=O)(=O)c1ccc(F)cc1. The topological polar surface area (TPSA) is 86.7 Å². The van der Waals surface area contributed by atoms with E-state index in [1.807, 2.05) is 0 Å². The lowest BCUT2D eigenvalue weighted by atomic mass is 9.61. The van der Waals surface area contributed by atoms with Gasteiger partial charge in [-0.25, -0.2) is 12.8 Å². The van der Waals surface area contributed by atoms with Crippen molar-refractivity contribution in [3.8, 4) is 0 Å². The van der Waals surface area contributed by atoms with Crippen LogP contribution in [0.15, 0.2) is 71.6 Å². The van der Waals surface area contributed by atoms with Gasteiger partial charge >= 0.3 is 6.18 Å². The van der Waals surface area contributed by atoms with Crippen LogP contribution in [-0.2, 0) is 22.0 Å². The molecule has 2 aliphatic carbocycles. The molecule has 0 bridgehead atoms. The van der Waals surface area contributed by atoms with Crippen molar-refractivity contribution in [3.63, 3.8) is 0 Å². The predicted octanol–water partition coefficient (Wildman–Crippen LogP) is 6.50. The molecule has 2 N–H and O–H groups in total. The zero-order valence-corrected chi connectivity index (χ0v) is 24.4. The van der Waals surface area contributed by atoms with Crippen LogP contribution < -0.4 is 9.62 Å². The number of amides is 1. The largest absolute Gasteiger partial charge is 0.417 e. The van der Waals surface area contributed by atoms with Crippen LogP contribution in [0.4, 0.5) is 23.2 Å². The van der Waals surface area contributed by atoms with E-state index < -0.39 is 57.8 Å². The summed E-state index contributed by atoms with van der Waals surface area (Å²) in [5.74, 6) is -1.19. The number of nitrogens with one attached hydrogen (secondary N) is 1. The first-order chi connectivity index (χ1) is 20.3. The molecule has 12 heteroatoms. The maximum atomic E-state index is 14.2. The number of fused-ring (bicyclic) bond motifs is 2. The van der Waals surface area contributed by atoms with Crippen molar-refractivity contribution in [2.24, 2.45) is 5.92 Å². The highest BCUT2D eigenvalue weighted by Crippen LogP contribution is 2.62. The molecule has 3 aromatic carbocycles. The van der Waals surface area contributed by atoms with Gasteiger partial charge in [-0.1, -0.05) is 29.8 Å². The van der Waals surface area contributed by atoms with Crippen LogP contribution in [-0.4, -0.2) is 37.3 Å². The second-order valence-electron chi connectivity index (χ2n) is 11.7. The van der Waals surface area contributed by atoms with E-state index in [1.165, 1.54) is 28.6 Å². The molecule has 0 saturated heterocycles. The van der Waals surface area contributed by atoms with Crippen molar-refractivity contribution >= 4 is 33.2 Å². The standard InChI is InChI=1S/C31H29ClF4N2O4S/c32-25-4-2-1-3-21(25)18-37-28(39)20-7-12-26-24(17-20)29(13-15-30(40,16-14-29)31(34,35)36)27(19-5-6-19)38(26)43(41,42)23-10-8-22(33)9-11-23/h1-4,7-12,17,19,27,40H,5-6,13-16,18H2,(H,37,39). The molecular weight excluding hydrogens is 608 g/mol. The number of anilines is 1. The minimum Gasteiger partial charge on any atom is -0.380 e. The van der Waals surface area contributed by atoms with E-state index in [0.29, 0.717) is 29.0 Å². The van der Waals surface area contributed by atoms with Gasteiger partial charge < -0.3 is 10.4 Å². The summed E-state index contributed by atoms with van der Waals surface area (Å²) in [5, 5.41) is 13.8. The minimum absolute atomic E-state index is 0.128. The van der Waals surface area contributed by atoms with Gasteiger partial charge in [0.1, 0.15) is 5.82 Å². The molecule has 1 spiro atoms.